The molecular weight excluding hydrogens is 448 g/mol. The molecule has 0 aliphatic rings. The first kappa shape index (κ1) is 23.0. The number of nitrogens with one attached hydrogen (secondary N) is 2. The van der Waals surface area contributed by atoms with E-state index in [1.54, 1.807) is 24.4 Å². The lowest BCUT2D eigenvalue weighted by Gasteiger charge is -2.18. The summed E-state index contributed by atoms with van der Waals surface area (Å²) in [6.07, 6.45) is 3.10. The lowest BCUT2D eigenvalue weighted by Crippen LogP contribution is -2.28. The summed E-state index contributed by atoms with van der Waals surface area (Å²) in [5.41, 5.74) is -3.22. The fraction of sp³-hybridized carbons (Fsp3) is 0.300. The zero-order valence-corrected chi connectivity index (χ0v) is 18.3. The van der Waals surface area contributed by atoms with Gasteiger partial charge in [-0.3, -0.25) is 0 Å². The van der Waals surface area contributed by atoms with Gasteiger partial charge in [-0.15, -0.1) is 19.0 Å². The summed E-state index contributed by atoms with van der Waals surface area (Å²) >= 11 is 6.10. The van der Waals surface area contributed by atoms with Crippen LogP contribution in [-0.2, 0) is 10.2 Å². The minimum absolute atomic E-state index is 0.0738. The molecule has 2 N–H and O–H groups in total. The van der Waals surface area contributed by atoms with Crippen molar-refractivity contribution in [2.75, 3.05) is 18.9 Å². The Labute approximate surface area is 186 Å². The third-order valence-corrected chi connectivity index (χ3v) is 5.77. The molecule has 164 valence electrons. The van der Waals surface area contributed by atoms with Crippen molar-refractivity contribution < 1.29 is 18.3 Å². The summed E-state index contributed by atoms with van der Waals surface area (Å²) in [5.74, 6) is 0.430. The second-order valence-electron chi connectivity index (χ2n) is 6.90. The normalized spacial score (nSPS) is 13.5. The number of hydrogen-bond donors (Lipinski definition) is 2. The Kier molecular flexibility index (Phi) is 7.14. The third kappa shape index (κ3) is 5.93. The quantitative estimate of drug-likeness (QED) is 0.333. The van der Waals surface area contributed by atoms with Gasteiger partial charge < -0.3 is 20.2 Å². The molecule has 0 fully saturated rings. The Bertz CT molecular complexity index is 1030. The number of pyridine rings is 1. The van der Waals surface area contributed by atoms with Gasteiger partial charge in [-0.1, -0.05) is 11.3 Å². The number of halogens is 3. The zero-order chi connectivity index (χ0) is 22.5. The first-order valence-electron chi connectivity index (χ1n) is 9.27. The van der Waals surface area contributed by atoms with Crippen molar-refractivity contribution >= 4 is 40.7 Å². The van der Waals surface area contributed by atoms with Gasteiger partial charge in [-0.2, -0.15) is 0 Å². The van der Waals surface area contributed by atoms with Crippen molar-refractivity contribution in [2.24, 2.45) is 0 Å². The van der Waals surface area contributed by atoms with E-state index in [0.29, 0.717) is 40.0 Å². The first-order chi connectivity index (χ1) is 14.7. The minimum atomic E-state index is -3.78. The lowest BCUT2D eigenvalue weighted by atomic mass is 9.89. The van der Waals surface area contributed by atoms with Crippen molar-refractivity contribution in [3.63, 3.8) is 0 Å². The third-order valence-electron chi connectivity index (χ3n) is 4.46. The van der Waals surface area contributed by atoms with Gasteiger partial charge in [-0.25, -0.2) is 4.98 Å². The monoisotopic (exact) mass is 467 g/mol. The van der Waals surface area contributed by atoms with Crippen LogP contribution in [0.25, 0.3) is 10.6 Å². The summed E-state index contributed by atoms with van der Waals surface area (Å²) in [5, 5.41) is 15.9. The number of hydrogen-bond acceptors (Lipinski definition) is 8. The highest BCUT2D eigenvalue weighted by atomic mass is 35.5. The molecule has 1 atom stereocenters. The summed E-state index contributed by atoms with van der Waals surface area (Å²) < 4.78 is 29.8. The maximum absolute atomic E-state index is 12.8. The molecule has 0 spiro atoms. The van der Waals surface area contributed by atoms with Crippen molar-refractivity contribution in [1.82, 2.24) is 20.5 Å². The average Bonchev–Trinajstić information content (AvgIpc) is 3.23. The molecule has 3 rings (SSSR count). The van der Waals surface area contributed by atoms with E-state index < -0.39 is 11.0 Å². The van der Waals surface area contributed by atoms with E-state index in [1.807, 2.05) is 20.0 Å². The Morgan fingerprint density at radius 1 is 1.23 bits per heavy atom. The van der Waals surface area contributed by atoms with E-state index >= 15 is 0 Å². The molecule has 0 aliphatic heterocycles. The number of aldehydes is 1. The number of nitrogens with zero attached hydrogens (tertiary/aromatic N) is 3. The van der Waals surface area contributed by atoms with Crippen LogP contribution >= 0.6 is 22.9 Å². The van der Waals surface area contributed by atoms with Crippen LogP contribution in [0.1, 0.15) is 18.4 Å². The van der Waals surface area contributed by atoms with Crippen molar-refractivity contribution in [2.45, 2.75) is 24.3 Å². The number of carbonyl (C=O) groups excluding carboxylic acids is 1. The van der Waals surface area contributed by atoms with Crippen molar-refractivity contribution in [3.8, 4) is 16.3 Å². The van der Waals surface area contributed by atoms with Crippen molar-refractivity contribution in [1.29, 1.82) is 0 Å². The maximum atomic E-state index is 12.8. The highest BCUT2D eigenvalue weighted by molar-refractivity contribution is 7.15. The number of aromatic nitrogens is 3. The minimum Gasteiger partial charge on any atom is -0.420 e. The molecule has 2 aromatic heterocycles. The van der Waals surface area contributed by atoms with E-state index in [9.17, 15) is 13.6 Å². The molecule has 31 heavy (non-hydrogen) atoms. The van der Waals surface area contributed by atoms with E-state index in [0.717, 1.165) is 6.29 Å². The van der Waals surface area contributed by atoms with Crippen LogP contribution in [0.2, 0.25) is 0 Å². The van der Waals surface area contributed by atoms with Crippen LogP contribution in [0, 0.1) is 0 Å². The molecule has 3 aromatic rings. The number of carbonyl (C=O) groups is 1. The molecule has 1 aromatic carbocycles. The van der Waals surface area contributed by atoms with E-state index in [1.165, 1.54) is 23.5 Å². The highest BCUT2D eigenvalue weighted by Crippen LogP contribution is 2.35. The number of benzene rings is 1. The van der Waals surface area contributed by atoms with Crippen LogP contribution in [-0.4, -0.2) is 40.6 Å². The molecule has 0 saturated carbocycles. The molecule has 1 unspecified atom stereocenters. The molecule has 0 saturated heterocycles. The van der Waals surface area contributed by atoms with Gasteiger partial charge in [0.05, 0.1) is 11.0 Å². The van der Waals surface area contributed by atoms with E-state index in [-0.39, 0.29) is 5.75 Å². The van der Waals surface area contributed by atoms with Crippen LogP contribution in [0.3, 0.4) is 0 Å². The largest absolute Gasteiger partial charge is 0.487 e. The van der Waals surface area contributed by atoms with E-state index in [2.05, 4.69) is 30.6 Å². The summed E-state index contributed by atoms with van der Waals surface area (Å²) in [6, 6.07) is 9.44. The van der Waals surface area contributed by atoms with Crippen LogP contribution in [0.15, 0.2) is 42.6 Å². The molecule has 2 heterocycles. The molecule has 0 aliphatic carbocycles. The summed E-state index contributed by atoms with van der Waals surface area (Å²) in [7, 11) is 1.82. The first-order valence-corrected chi connectivity index (χ1v) is 10.5. The Morgan fingerprint density at radius 2 is 1.97 bits per heavy atom. The average molecular weight is 468 g/mol. The van der Waals surface area contributed by atoms with Gasteiger partial charge in [0.15, 0.2) is 5.01 Å². The fourth-order valence-corrected chi connectivity index (χ4v) is 3.81. The van der Waals surface area contributed by atoms with Gasteiger partial charge in [0.2, 0.25) is 0 Å². The van der Waals surface area contributed by atoms with Gasteiger partial charge in [0.25, 0.3) is 0 Å². The van der Waals surface area contributed by atoms with Crippen molar-refractivity contribution in [3.05, 3.63) is 47.6 Å². The van der Waals surface area contributed by atoms with Gasteiger partial charge in [-0.05, 0) is 63.3 Å². The fourth-order valence-electron chi connectivity index (χ4n) is 2.72. The second-order valence-corrected chi connectivity index (χ2v) is 8.32. The molecule has 0 radical (unpaired) electrons. The lowest BCUT2D eigenvalue weighted by molar-refractivity contribution is -0.112. The zero-order valence-electron chi connectivity index (χ0n) is 16.7. The Morgan fingerprint density at radius 3 is 2.61 bits per heavy atom. The van der Waals surface area contributed by atoms with E-state index in [4.69, 9.17) is 11.6 Å². The number of anilines is 2. The van der Waals surface area contributed by atoms with Crippen LogP contribution in [0.4, 0.5) is 20.3 Å². The molecule has 11 heteroatoms. The Hall–Kier alpha value is -2.69. The number of alkyl halides is 3. The maximum Gasteiger partial charge on any atom is 0.487 e. The van der Waals surface area contributed by atoms with Crippen LogP contribution < -0.4 is 15.4 Å². The smallest absolute Gasteiger partial charge is 0.420 e. The topological polar surface area (TPSA) is 89.0 Å². The highest BCUT2D eigenvalue weighted by Gasteiger charge is 2.31. The molecular formula is C20H20ClF2N5O2S. The predicted molar refractivity (Wildman–Crippen MR) is 116 cm³/mol. The van der Waals surface area contributed by atoms with Gasteiger partial charge in [0.1, 0.15) is 22.9 Å². The second kappa shape index (κ2) is 9.63. The molecule has 0 amide bonds. The SMILES string of the molecule is CNCCC(C)(C=O)c1nnc(-c2cccnc2Nc2ccc(OC(F)(F)Cl)cc2)s1. The van der Waals surface area contributed by atoms with Gasteiger partial charge >= 0.3 is 5.57 Å². The Balaban J connectivity index is 1.83. The summed E-state index contributed by atoms with van der Waals surface area (Å²) in [6.45, 7) is 2.50. The standard InChI is InChI=1S/C20H20ClF2N5O2S/c1-19(12-29,9-11-24-2)18-28-27-17(31-18)15-4-3-10-25-16(15)26-13-5-7-14(8-6-13)30-20(21,22)23/h3-8,10,12,24H,9,11H2,1-2H3,(H,25,26). The molecule has 7 nitrogen and oxygen atoms in total. The predicted octanol–water partition coefficient (Wildman–Crippen LogP) is 4.58. The summed E-state index contributed by atoms with van der Waals surface area (Å²) in [4.78, 5) is 16.1. The van der Waals surface area contributed by atoms with Gasteiger partial charge in [0, 0.05) is 23.5 Å². The number of rotatable bonds is 10. The molecule has 0 bridgehead atoms. The van der Waals surface area contributed by atoms with Crippen LogP contribution in [0.5, 0.6) is 5.75 Å². The number of ether oxygens (including phenoxy) is 1.